The van der Waals surface area contributed by atoms with Gasteiger partial charge in [-0.15, -0.1) is 0 Å². The molecular weight excluding hydrogens is 283 g/mol. The number of fused-ring (bicyclic) bond motifs is 1. The maximum Gasteiger partial charge on any atom is 0.249 e. The van der Waals surface area contributed by atoms with Gasteiger partial charge in [0.15, 0.2) is 0 Å². The van der Waals surface area contributed by atoms with Crippen molar-refractivity contribution in [1.29, 1.82) is 0 Å². The van der Waals surface area contributed by atoms with Gasteiger partial charge in [-0.25, -0.2) is 4.39 Å². The third-order valence-corrected chi connectivity index (χ3v) is 3.73. The van der Waals surface area contributed by atoms with Gasteiger partial charge in [0.2, 0.25) is 5.91 Å². The average molecular weight is 300 g/mol. The molecule has 4 nitrogen and oxygen atoms in total. The lowest BCUT2D eigenvalue weighted by molar-refractivity contribution is -0.119. The van der Waals surface area contributed by atoms with Gasteiger partial charge < -0.3 is 15.0 Å². The predicted molar refractivity (Wildman–Crippen MR) is 83.7 cm³/mol. The van der Waals surface area contributed by atoms with Crippen LogP contribution < -0.4 is 15.0 Å². The van der Waals surface area contributed by atoms with E-state index < -0.39 is 0 Å². The highest BCUT2D eigenvalue weighted by atomic mass is 19.1. The summed E-state index contributed by atoms with van der Waals surface area (Å²) >= 11 is 0. The van der Waals surface area contributed by atoms with Crippen molar-refractivity contribution in [2.24, 2.45) is 0 Å². The van der Waals surface area contributed by atoms with Crippen LogP contribution in [0.5, 0.6) is 5.75 Å². The predicted octanol–water partition coefficient (Wildman–Crippen LogP) is 3.18. The molecule has 1 heterocycles. The first-order chi connectivity index (χ1) is 10.6. The lowest BCUT2D eigenvalue weighted by Gasteiger charge is -2.34. The van der Waals surface area contributed by atoms with E-state index in [-0.39, 0.29) is 17.8 Å². The number of amides is 1. The Hall–Kier alpha value is -2.56. The van der Waals surface area contributed by atoms with Gasteiger partial charge >= 0.3 is 0 Å². The number of benzene rings is 2. The van der Waals surface area contributed by atoms with Crippen LogP contribution in [0.2, 0.25) is 0 Å². The third-order valence-electron chi connectivity index (χ3n) is 3.73. The summed E-state index contributed by atoms with van der Waals surface area (Å²) in [7, 11) is 1.60. The summed E-state index contributed by atoms with van der Waals surface area (Å²) in [6, 6.07) is 11.5. The molecule has 0 radical (unpaired) electrons. The summed E-state index contributed by atoms with van der Waals surface area (Å²) in [6.07, 6.45) is 0. The quantitative estimate of drug-likeness (QED) is 0.946. The third kappa shape index (κ3) is 2.62. The number of halogens is 1. The van der Waals surface area contributed by atoms with E-state index in [1.807, 2.05) is 31.2 Å². The molecule has 1 aliphatic heterocycles. The van der Waals surface area contributed by atoms with E-state index in [9.17, 15) is 9.18 Å². The molecule has 114 valence electrons. The zero-order valence-corrected chi connectivity index (χ0v) is 12.5. The van der Waals surface area contributed by atoms with Crippen molar-refractivity contribution >= 4 is 17.3 Å². The Balaban J connectivity index is 1.98. The smallest absolute Gasteiger partial charge is 0.249 e. The van der Waals surface area contributed by atoms with Crippen molar-refractivity contribution in [3.05, 3.63) is 53.8 Å². The van der Waals surface area contributed by atoms with E-state index in [0.29, 0.717) is 6.54 Å². The van der Waals surface area contributed by atoms with Crippen LogP contribution in [0, 0.1) is 5.82 Å². The number of methoxy groups -OCH3 is 1. The second kappa shape index (κ2) is 5.67. The topological polar surface area (TPSA) is 41.6 Å². The van der Waals surface area contributed by atoms with E-state index in [0.717, 1.165) is 22.7 Å². The molecule has 0 aliphatic carbocycles. The summed E-state index contributed by atoms with van der Waals surface area (Å²) < 4.78 is 18.6. The zero-order valence-electron chi connectivity index (χ0n) is 12.5. The molecule has 2 aromatic carbocycles. The van der Waals surface area contributed by atoms with Gasteiger partial charge in [-0.05, 0) is 36.8 Å². The molecule has 3 rings (SSSR count). The molecule has 1 amide bonds. The Kier molecular flexibility index (Phi) is 3.71. The highest BCUT2D eigenvalue weighted by Crippen LogP contribution is 2.35. The van der Waals surface area contributed by atoms with Crippen LogP contribution >= 0.6 is 0 Å². The number of nitrogens with zero attached hydrogens (tertiary/aromatic N) is 1. The summed E-state index contributed by atoms with van der Waals surface area (Å²) in [5.74, 6) is 0.378. The largest absolute Gasteiger partial charge is 0.497 e. The number of hydrogen-bond donors (Lipinski definition) is 1. The van der Waals surface area contributed by atoms with E-state index in [1.165, 1.54) is 12.1 Å². The molecule has 0 fully saturated rings. The van der Waals surface area contributed by atoms with Crippen molar-refractivity contribution in [3.8, 4) is 5.75 Å². The molecule has 2 aromatic rings. The second-order valence-corrected chi connectivity index (χ2v) is 5.30. The van der Waals surface area contributed by atoms with Crippen LogP contribution in [0.1, 0.15) is 12.5 Å². The van der Waals surface area contributed by atoms with Crippen LogP contribution in [0.3, 0.4) is 0 Å². The second-order valence-electron chi connectivity index (χ2n) is 5.30. The SMILES string of the molecule is COc1ccc2c(c1)NC(C)C(=O)N2Cc1cccc(F)c1. The van der Waals surface area contributed by atoms with Crippen LogP contribution in [-0.2, 0) is 11.3 Å². The Morgan fingerprint density at radius 3 is 2.82 bits per heavy atom. The number of rotatable bonds is 3. The highest BCUT2D eigenvalue weighted by Gasteiger charge is 2.29. The molecule has 0 bridgehead atoms. The fourth-order valence-electron chi connectivity index (χ4n) is 2.62. The molecule has 1 unspecified atom stereocenters. The first-order valence-electron chi connectivity index (χ1n) is 7.09. The molecule has 0 spiro atoms. The molecule has 0 saturated heterocycles. The van der Waals surface area contributed by atoms with Crippen molar-refractivity contribution in [2.75, 3.05) is 17.3 Å². The van der Waals surface area contributed by atoms with Crippen molar-refractivity contribution < 1.29 is 13.9 Å². The molecule has 1 N–H and O–H groups in total. The number of nitrogens with one attached hydrogen (secondary N) is 1. The van der Waals surface area contributed by atoms with Crippen LogP contribution in [0.4, 0.5) is 15.8 Å². The van der Waals surface area contributed by atoms with Gasteiger partial charge in [0.25, 0.3) is 0 Å². The monoisotopic (exact) mass is 300 g/mol. The summed E-state index contributed by atoms with van der Waals surface area (Å²) in [6.45, 7) is 2.14. The van der Waals surface area contributed by atoms with Gasteiger partial charge in [0.1, 0.15) is 17.6 Å². The van der Waals surface area contributed by atoms with Gasteiger partial charge in [-0.3, -0.25) is 4.79 Å². The van der Waals surface area contributed by atoms with Gasteiger partial charge in [0.05, 0.1) is 25.0 Å². The lowest BCUT2D eigenvalue weighted by atomic mass is 10.1. The zero-order chi connectivity index (χ0) is 15.7. The molecular formula is C17H17FN2O2. The van der Waals surface area contributed by atoms with E-state index in [1.54, 1.807) is 18.1 Å². The Bertz CT molecular complexity index is 718. The minimum absolute atomic E-state index is 0.0399. The Morgan fingerprint density at radius 2 is 2.09 bits per heavy atom. The van der Waals surface area contributed by atoms with E-state index in [4.69, 9.17) is 4.74 Å². The molecule has 0 aromatic heterocycles. The number of hydrogen-bond acceptors (Lipinski definition) is 3. The normalized spacial score (nSPS) is 17.0. The van der Waals surface area contributed by atoms with Crippen LogP contribution in [0.15, 0.2) is 42.5 Å². The molecule has 1 aliphatic rings. The van der Waals surface area contributed by atoms with Gasteiger partial charge in [-0.2, -0.15) is 0 Å². The average Bonchev–Trinajstić information content (AvgIpc) is 2.51. The minimum Gasteiger partial charge on any atom is -0.497 e. The fraction of sp³-hybridized carbons (Fsp3) is 0.235. The molecule has 0 saturated carbocycles. The molecule has 1 atom stereocenters. The fourth-order valence-corrected chi connectivity index (χ4v) is 2.62. The summed E-state index contributed by atoms with van der Waals surface area (Å²) in [5.41, 5.74) is 2.36. The standard InChI is InChI=1S/C17H17FN2O2/c1-11-17(21)20(10-12-4-3-5-13(18)8-12)16-7-6-14(22-2)9-15(16)19-11/h3-9,11,19H,10H2,1-2H3. The Morgan fingerprint density at radius 1 is 1.27 bits per heavy atom. The van der Waals surface area contributed by atoms with Crippen molar-refractivity contribution in [1.82, 2.24) is 0 Å². The van der Waals surface area contributed by atoms with Crippen molar-refractivity contribution in [3.63, 3.8) is 0 Å². The van der Waals surface area contributed by atoms with Crippen molar-refractivity contribution in [2.45, 2.75) is 19.5 Å². The molecule has 5 heteroatoms. The van der Waals surface area contributed by atoms with Crippen LogP contribution in [0.25, 0.3) is 0 Å². The first kappa shape index (κ1) is 14.4. The number of carbonyl (C=O) groups is 1. The highest BCUT2D eigenvalue weighted by molar-refractivity contribution is 6.04. The summed E-state index contributed by atoms with van der Waals surface area (Å²) in [5, 5.41) is 3.17. The summed E-state index contributed by atoms with van der Waals surface area (Å²) in [4.78, 5) is 14.1. The lowest BCUT2D eigenvalue weighted by Crippen LogP contribution is -2.45. The molecule has 22 heavy (non-hydrogen) atoms. The maximum atomic E-state index is 13.4. The van der Waals surface area contributed by atoms with E-state index in [2.05, 4.69) is 5.32 Å². The van der Waals surface area contributed by atoms with E-state index >= 15 is 0 Å². The van der Waals surface area contributed by atoms with Gasteiger partial charge in [-0.1, -0.05) is 12.1 Å². The van der Waals surface area contributed by atoms with Gasteiger partial charge in [0, 0.05) is 6.07 Å². The number of ether oxygens (including phenoxy) is 1. The number of carbonyl (C=O) groups excluding carboxylic acids is 1. The number of anilines is 2. The minimum atomic E-state index is -0.340. The first-order valence-corrected chi connectivity index (χ1v) is 7.09. The Labute approximate surface area is 128 Å². The van der Waals surface area contributed by atoms with Crippen LogP contribution in [-0.4, -0.2) is 19.1 Å². The maximum absolute atomic E-state index is 13.4.